The maximum absolute atomic E-state index is 12.0. The quantitative estimate of drug-likeness (QED) is 0.00810. The summed E-state index contributed by atoms with van der Waals surface area (Å²) in [6, 6.07) is 32.1. The fourth-order valence-electron chi connectivity index (χ4n) is 12.2. The lowest BCUT2D eigenvalue weighted by Gasteiger charge is -2.20. The number of nitrogens with two attached hydrogens (primary N) is 2. The molecule has 0 aliphatic heterocycles. The molecule has 114 heavy (non-hydrogen) atoms. The number of carboxylic acids is 6. The van der Waals surface area contributed by atoms with Gasteiger partial charge in [0.2, 0.25) is 12.2 Å². The van der Waals surface area contributed by atoms with Crippen LogP contribution in [0, 0.1) is 40.5 Å². The number of carbonyl (C=O) groups is 10. The van der Waals surface area contributed by atoms with Gasteiger partial charge >= 0.3 is 47.8 Å². The monoisotopic (exact) mass is 1570 g/mol. The molecular formula is C76H68N8O30. The number of ether oxygens (including phenoxy) is 2. The molecule has 6 atom stereocenters. The van der Waals surface area contributed by atoms with Crippen molar-refractivity contribution in [3.63, 3.8) is 0 Å². The molecule has 8 aromatic carbocycles. The van der Waals surface area contributed by atoms with Crippen LogP contribution in [0.5, 0.6) is 0 Å². The number of nitro groups is 4. The summed E-state index contributed by atoms with van der Waals surface area (Å²) < 4.78 is 32.4. The van der Waals surface area contributed by atoms with Gasteiger partial charge in [0, 0.05) is 68.8 Å². The lowest BCUT2D eigenvalue weighted by atomic mass is 9.99. The standard InChI is InChI=1S/C20H18N2O8.C19H16N2O9.C19H18N2O6.C18H16N2O7/c1-10(23)6-7-14(19(24)25)21-18(20(26)27)13-8-12-11-4-2-3-5-16(11)30-17(12)9-15(13)22(28)29;20-12(18(23)24)5-6-16(22)30-17(19(25)26)11-7-10-9-3-1-2-4-14(9)29-15(10)8-13(11)21(27)28;1-11(22)5-4-8-20-18(19(23)24)14-9-13-12-6-2-3-7-16(12)27-17(13)10-15(14)21(25)26;19-7-3-6-16(21)27-17(18(22)23)12-8-11-10-4-1-2-5-14(10)26-15(11)9-13(12)20(24)25/h2-5,8-9,14,18,21H,6-7H2,1H3,(H,24,25)(H,26,27);1-4,7-8,12,17H,5-6,20H2,(H,23,24)(H,25,26);2-3,6-7,9-10,18,20H,4-5,8H2,1H3,(H,23,24);1-2,4-5,8-9,17H,3,6-7,19H2,(H,22,23). The molecule has 0 radical (unpaired) electrons. The van der Waals surface area contributed by atoms with Crippen LogP contribution in [0.3, 0.4) is 0 Å². The Hall–Kier alpha value is -14.5. The Morgan fingerprint density at radius 3 is 1.04 bits per heavy atom. The summed E-state index contributed by atoms with van der Waals surface area (Å²) in [7, 11) is 0. The average molecular weight is 1570 g/mol. The van der Waals surface area contributed by atoms with Crippen LogP contribution >= 0.6 is 0 Å². The Morgan fingerprint density at radius 2 is 0.728 bits per heavy atom. The van der Waals surface area contributed by atoms with Gasteiger partial charge < -0.3 is 84.2 Å². The number of aliphatic carboxylic acids is 6. The molecule has 0 saturated carbocycles. The van der Waals surface area contributed by atoms with Gasteiger partial charge in [-0.15, -0.1) is 0 Å². The lowest BCUT2D eigenvalue weighted by Crippen LogP contribution is -2.42. The van der Waals surface area contributed by atoms with Gasteiger partial charge in [0.15, 0.2) is 0 Å². The lowest BCUT2D eigenvalue weighted by molar-refractivity contribution is -0.386. The fourth-order valence-corrected chi connectivity index (χ4v) is 12.2. The number of carboxylic acid groups (broad SMARTS) is 6. The van der Waals surface area contributed by atoms with Crippen LogP contribution in [-0.2, 0) is 57.4 Å². The summed E-state index contributed by atoms with van der Waals surface area (Å²) in [5.74, 6) is -10.6. The van der Waals surface area contributed by atoms with E-state index in [9.17, 15) is 114 Å². The van der Waals surface area contributed by atoms with Crippen molar-refractivity contribution in [1.29, 1.82) is 0 Å². The molecule has 12 aromatic rings. The molecular weight excluding hydrogens is 1500 g/mol. The van der Waals surface area contributed by atoms with Crippen molar-refractivity contribution in [3.8, 4) is 0 Å². The summed E-state index contributed by atoms with van der Waals surface area (Å²) >= 11 is 0. The number of Topliss-reactive ketones (excluding diaryl/α,β-unsaturated/α-hetero) is 2. The second-order valence-electron chi connectivity index (χ2n) is 25.4. The summed E-state index contributed by atoms with van der Waals surface area (Å²) in [5.41, 5.74) is 10.9. The minimum Gasteiger partial charge on any atom is -0.480 e. The topological polar surface area (TPSA) is 612 Å². The van der Waals surface area contributed by atoms with Gasteiger partial charge in [0.1, 0.15) is 80.4 Å². The Kier molecular flexibility index (Phi) is 27.0. The van der Waals surface area contributed by atoms with Gasteiger partial charge in [-0.1, -0.05) is 72.8 Å². The molecule has 38 nitrogen and oxygen atoms in total. The van der Waals surface area contributed by atoms with Crippen molar-refractivity contribution < 1.29 is 125 Å². The van der Waals surface area contributed by atoms with E-state index in [1.54, 1.807) is 84.9 Å². The van der Waals surface area contributed by atoms with E-state index in [0.717, 1.165) is 23.6 Å². The van der Waals surface area contributed by atoms with E-state index in [2.05, 4.69) is 10.6 Å². The minimum absolute atomic E-state index is 0.000872. The summed E-state index contributed by atoms with van der Waals surface area (Å²) in [5, 5.41) is 113. The number of hydrogen-bond acceptors (Lipinski definition) is 28. The zero-order valence-corrected chi connectivity index (χ0v) is 59.8. The molecule has 0 fully saturated rings. The number of nitrogens with zero attached hydrogens (tertiary/aromatic N) is 4. The third-order valence-electron chi connectivity index (χ3n) is 17.6. The molecule has 12 rings (SSSR count). The number of fused-ring (bicyclic) bond motifs is 12. The van der Waals surface area contributed by atoms with E-state index < -0.39 is 127 Å². The average Bonchev–Trinajstić information content (AvgIpc) is 1.62. The molecule has 38 heteroatoms. The Bertz CT molecular complexity index is 5820. The molecule has 0 amide bonds. The second kappa shape index (κ2) is 36.8. The van der Waals surface area contributed by atoms with Gasteiger partial charge in [-0.2, -0.15) is 0 Å². The summed E-state index contributed by atoms with van der Waals surface area (Å²) in [6.07, 6.45) is -3.77. The number of ketones is 2. The molecule has 6 unspecified atom stereocenters. The van der Waals surface area contributed by atoms with E-state index in [0.29, 0.717) is 84.9 Å². The maximum Gasteiger partial charge on any atom is 0.350 e. The zero-order chi connectivity index (χ0) is 83.1. The molecule has 0 aliphatic carbocycles. The van der Waals surface area contributed by atoms with Crippen LogP contribution in [0.4, 0.5) is 22.7 Å². The van der Waals surface area contributed by atoms with E-state index in [1.165, 1.54) is 44.2 Å². The van der Waals surface area contributed by atoms with Crippen LogP contribution in [0.1, 0.15) is 112 Å². The first kappa shape index (κ1) is 83.5. The Labute approximate surface area is 637 Å². The number of carbonyl (C=O) groups excluding carboxylic acids is 4. The highest BCUT2D eigenvalue weighted by molar-refractivity contribution is 6.09. The van der Waals surface area contributed by atoms with Crippen LogP contribution in [0.2, 0.25) is 0 Å². The minimum atomic E-state index is -1.97. The van der Waals surface area contributed by atoms with E-state index in [4.69, 9.17) is 43.7 Å². The molecule has 592 valence electrons. The second-order valence-corrected chi connectivity index (χ2v) is 25.4. The highest BCUT2D eigenvalue weighted by Crippen LogP contribution is 2.42. The van der Waals surface area contributed by atoms with E-state index in [-0.39, 0.29) is 95.0 Å². The molecule has 4 heterocycles. The number of nitro benzene ring substituents is 4. The molecule has 0 bridgehead atoms. The highest BCUT2D eigenvalue weighted by Gasteiger charge is 2.38. The first-order valence-corrected chi connectivity index (χ1v) is 34.3. The molecule has 4 aromatic heterocycles. The fraction of sp³-hybridized carbons (Fsp3) is 0.237. The third-order valence-corrected chi connectivity index (χ3v) is 17.6. The number of nitrogens with one attached hydrogen (secondary N) is 2. The van der Waals surface area contributed by atoms with Crippen LogP contribution in [-0.4, -0.2) is 135 Å². The number of furan rings is 4. The molecule has 0 spiro atoms. The predicted octanol–water partition coefficient (Wildman–Crippen LogP) is 11.9. The maximum atomic E-state index is 12.0. The van der Waals surface area contributed by atoms with Gasteiger partial charge in [-0.3, -0.25) is 74.5 Å². The van der Waals surface area contributed by atoms with Crippen molar-refractivity contribution >= 4 is 170 Å². The van der Waals surface area contributed by atoms with E-state index in [1.807, 2.05) is 12.1 Å². The van der Waals surface area contributed by atoms with Crippen molar-refractivity contribution in [2.75, 3.05) is 13.1 Å². The number of rotatable bonds is 32. The largest absolute Gasteiger partial charge is 0.480 e. The van der Waals surface area contributed by atoms with Crippen LogP contribution < -0.4 is 22.1 Å². The number of hydrogen-bond donors (Lipinski definition) is 10. The number of benzene rings is 8. The van der Waals surface area contributed by atoms with Crippen molar-refractivity contribution in [3.05, 3.63) is 208 Å². The first-order chi connectivity index (χ1) is 54.2. The third kappa shape index (κ3) is 19.7. The van der Waals surface area contributed by atoms with Gasteiger partial charge in [-0.25, -0.2) is 9.59 Å². The van der Waals surface area contributed by atoms with Gasteiger partial charge in [0.05, 0.1) is 66.2 Å². The van der Waals surface area contributed by atoms with Gasteiger partial charge in [-0.05, 0) is 101 Å². The van der Waals surface area contributed by atoms with E-state index >= 15 is 0 Å². The highest BCUT2D eigenvalue weighted by atomic mass is 16.6. The van der Waals surface area contributed by atoms with Crippen molar-refractivity contribution in [2.24, 2.45) is 11.5 Å². The Morgan fingerprint density at radius 1 is 0.395 bits per heavy atom. The Balaban J connectivity index is 0.000000174. The van der Waals surface area contributed by atoms with Crippen molar-refractivity contribution in [1.82, 2.24) is 10.6 Å². The zero-order valence-electron chi connectivity index (χ0n) is 59.8. The number of para-hydroxylation sites is 4. The predicted molar refractivity (Wildman–Crippen MR) is 401 cm³/mol. The first-order valence-electron chi connectivity index (χ1n) is 34.3. The normalized spacial score (nSPS) is 12.7. The van der Waals surface area contributed by atoms with Crippen molar-refractivity contribution in [2.45, 2.75) is 102 Å². The SMILES string of the molecule is CC(=O)CCC(NC(C(=O)O)c1cc2c(cc1[N+](=O)[O-])oc1ccccc12)C(=O)O.CC(=O)CCCNC(C(=O)O)c1cc2c(cc1[N+](=O)[O-])oc1ccccc12.NC(CCC(=O)OC(C(=O)O)c1cc2c(cc1[N+](=O)[O-])oc1ccccc12)C(=O)O.NCCCC(=O)OC(C(=O)O)c1cc2c(cc1[N+](=O)[O-])oc1ccccc12. The van der Waals surface area contributed by atoms with Crippen LogP contribution in [0.25, 0.3) is 87.8 Å². The molecule has 0 aliphatic rings. The van der Waals surface area contributed by atoms with Crippen LogP contribution in [0.15, 0.2) is 163 Å². The van der Waals surface area contributed by atoms with Gasteiger partial charge in [0.25, 0.3) is 22.7 Å². The number of esters is 2. The summed E-state index contributed by atoms with van der Waals surface area (Å²) in [4.78, 5) is 159. The molecule has 12 N–H and O–H groups in total. The molecule has 0 saturated heterocycles. The smallest absolute Gasteiger partial charge is 0.350 e. The summed E-state index contributed by atoms with van der Waals surface area (Å²) in [6.45, 7) is 3.23.